The van der Waals surface area contributed by atoms with Crippen molar-refractivity contribution >= 4 is 17.7 Å². The Hall–Kier alpha value is -1.55. The highest BCUT2D eigenvalue weighted by molar-refractivity contribution is 6.32. The lowest BCUT2D eigenvalue weighted by molar-refractivity contribution is -0.151. The van der Waals surface area contributed by atoms with E-state index in [0.717, 1.165) is 13.0 Å². The largest absolute Gasteiger partial charge is 0.476 e. The zero-order valence-electron chi connectivity index (χ0n) is 25.3. The van der Waals surface area contributed by atoms with Crippen LogP contribution < -0.4 is 0 Å². The number of hydrogen-bond donors (Lipinski definition) is 1. The number of rotatable bonds is 33. The molecule has 0 aromatic heterocycles. The molecular weight excluding hydrogens is 516 g/mol. The summed E-state index contributed by atoms with van der Waals surface area (Å²) in [6.45, 7) is 6.20. The third-order valence-electron chi connectivity index (χ3n) is 6.54. The molecule has 0 unspecified atom stereocenters. The minimum absolute atomic E-state index is 0.0443. The van der Waals surface area contributed by atoms with Gasteiger partial charge in [-0.2, -0.15) is 0 Å². The van der Waals surface area contributed by atoms with Gasteiger partial charge in [-0.05, 0) is 6.42 Å². The molecule has 0 aliphatic carbocycles. The summed E-state index contributed by atoms with van der Waals surface area (Å²) in [6.07, 6.45) is 21.3. The molecular formula is C31H58O9. The second-order valence-electron chi connectivity index (χ2n) is 10.2. The van der Waals surface area contributed by atoms with Crippen LogP contribution in [0.25, 0.3) is 0 Å². The third kappa shape index (κ3) is 31.0. The number of esters is 1. The minimum atomic E-state index is -1.55. The van der Waals surface area contributed by atoms with Crippen LogP contribution in [0.4, 0.5) is 0 Å². The summed E-state index contributed by atoms with van der Waals surface area (Å²) in [5.74, 6) is -3.18. The Balaban J connectivity index is 3.12. The van der Waals surface area contributed by atoms with E-state index in [-0.39, 0.29) is 26.1 Å². The lowest BCUT2D eigenvalue weighted by Crippen LogP contribution is -2.17. The van der Waals surface area contributed by atoms with Crippen LogP contribution in [0.15, 0.2) is 0 Å². The van der Waals surface area contributed by atoms with Crippen molar-refractivity contribution in [3.63, 3.8) is 0 Å². The van der Waals surface area contributed by atoms with Crippen molar-refractivity contribution in [3.8, 4) is 0 Å². The van der Waals surface area contributed by atoms with Gasteiger partial charge in [0.2, 0.25) is 5.78 Å². The second kappa shape index (κ2) is 32.0. The molecule has 0 amide bonds. The molecule has 0 atom stereocenters. The van der Waals surface area contributed by atoms with E-state index in [1.165, 1.54) is 96.3 Å². The Bertz CT molecular complexity index is 583. The van der Waals surface area contributed by atoms with E-state index >= 15 is 0 Å². The SMILES string of the molecule is CCCCCCCCCCCCCCCCCCOCCOCCOCCOCCOC(=O)CCC(=O)C(=O)O. The molecule has 0 saturated heterocycles. The smallest absolute Gasteiger partial charge is 0.372 e. The summed E-state index contributed by atoms with van der Waals surface area (Å²) in [5, 5.41) is 8.44. The minimum Gasteiger partial charge on any atom is -0.476 e. The van der Waals surface area contributed by atoms with Crippen LogP contribution in [-0.4, -0.2) is 82.3 Å². The molecule has 40 heavy (non-hydrogen) atoms. The second-order valence-corrected chi connectivity index (χ2v) is 10.2. The molecule has 0 spiro atoms. The van der Waals surface area contributed by atoms with E-state index in [0.29, 0.717) is 39.6 Å². The summed E-state index contributed by atoms with van der Waals surface area (Å²) >= 11 is 0. The van der Waals surface area contributed by atoms with Crippen molar-refractivity contribution in [2.45, 2.75) is 122 Å². The van der Waals surface area contributed by atoms with Crippen LogP contribution in [0.2, 0.25) is 0 Å². The number of ether oxygens (including phenoxy) is 5. The Morgan fingerprint density at radius 1 is 0.450 bits per heavy atom. The molecule has 0 bridgehead atoms. The van der Waals surface area contributed by atoms with Gasteiger partial charge in [0.05, 0.1) is 52.7 Å². The number of unbranched alkanes of at least 4 members (excludes halogenated alkanes) is 15. The molecule has 0 heterocycles. The van der Waals surface area contributed by atoms with Crippen LogP contribution >= 0.6 is 0 Å². The lowest BCUT2D eigenvalue weighted by atomic mass is 10.0. The number of carboxylic acid groups (broad SMARTS) is 1. The Morgan fingerprint density at radius 2 is 0.800 bits per heavy atom. The highest BCUT2D eigenvalue weighted by Crippen LogP contribution is 2.13. The summed E-state index contributed by atoms with van der Waals surface area (Å²) in [6, 6.07) is 0. The molecule has 1 N–H and O–H groups in total. The normalized spacial score (nSPS) is 11.1. The van der Waals surface area contributed by atoms with Gasteiger partial charge in [-0.3, -0.25) is 9.59 Å². The van der Waals surface area contributed by atoms with Crippen LogP contribution in [0.1, 0.15) is 122 Å². The number of hydrogen-bond acceptors (Lipinski definition) is 8. The van der Waals surface area contributed by atoms with Crippen molar-refractivity contribution in [1.82, 2.24) is 0 Å². The average molecular weight is 575 g/mol. The van der Waals surface area contributed by atoms with Crippen LogP contribution in [0.3, 0.4) is 0 Å². The Labute approximate surface area is 243 Å². The highest BCUT2D eigenvalue weighted by atomic mass is 16.6. The van der Waals surface area contributed by atoms with Gasteiger partial charge >= 0.3 is 11.9 Å². The van der Waals surface area contributed by atoms with E-state index in [9.17, 15) is 14.4 Å². The first-order valence-corrected chi connectivity index (χ1v) is 15.8. The quantitative estimate of drug-likeness (QED) is 0.0548. The van der Waals surface area contributed by atoms with Gasteiger partial charge in [0.15, 0.2) is 0 Å². The predicted octanol–water partition coefficient (Wildman–Crippen LogP) is 6.29. The number of carboxylic acids is 1. The molecule has 0 fully saturated rings. The maximum atomic E-state index is 11.4. The lowest BCUT2D eigenvalue weighted by Gasteiger charge is -2.08. The molecule has 0 saturated carbocycles. The monoisotopic (exact) mass is 574 g/mol. The topological polar surface area (TPSA) is 118 Å². The maximum Gasteiger partial charge on any atom is 0.372 e. The molecule has 0 aliphatic rings. The molecule has 0 radical (unpaired) electrons. The van der Waals surface area contributed by atoms with Gasteiger partial charge in [-0.1, -0.05) is 103 Å². The fourth-order valence-corrected chi connectivity index (χ4v) is 4.12. The van der Waals surface area contributed by atoms with Gasteiger partial charge in [0.25, 0.3) is 0 Å². The molecule has 0 aromatic rings. The molecule has 0 aliphatic heterocycles. The molecule has 9 nitrogen and oxygen atoms in total. The zero-order chi connectivity index (χ0) is 29.4. The maximum absolute atomic E-state index is 11.4. The van der Waals surface area contributed by atoms with Crippen molar-refractivity contribution in [2.75, 3.05) is 59.5 Å². The van der Waals surface area contributed by atoms with Crippen LogP contribution in [0.5, 0.6) is 0 Å². The average Bonchev–Trinajstić information content (AvgIpc) is 2.95. The Kier molecular flexibility index (Phi) is 30.7. The summed E-state index contributed by atoms with van der Waals surface area (Å²) in [4.78, 5) is 32.6. The molecule has 0 aromatic carbocycles. The van der Waals surface area contributed by atoms with Crippen molar-refractivity contribution in [1.29, 1.82) is 0 Å². The number of Topliss-reactive ketones (excluding diaryl/α,β-unsaturated/α-hetero) is 1. The van der Waals surface area contributed by atoms with E-state index in [4.69, 9.17) is 28.8 Å². The number of ketones is 1. The van der Waals surface area contributed by atoms with Gasteiger partial charge in [0.1, 0.15) is 6.61 Å². The van der Waals surface area contributed by atoms with Crippen molar-refractivity contribution < 1.29 is 43.2 Å². The Morgan fingerprint density at radius 3 is 1.20 bits per heavy atom. The van der Waals surface area contributed by atoms with Crippen LogP contribution in [-0.2, 0) is 38.1 Å². The van der Waals surface area contributed by atoms with E-state index in [1.807, 2.05) is 0 Å². The fourth-order valence-electron chi connectivity index (χ4n) is 4.12. The van der Waals surface area contributed by atoms with Gasteiger partial charge < -0.3 is 28.8 Å². The fraction of sp³-hybridized carbons (Fsp3) is 0.903. The number of carbonyl (C=O) groups excluding carboxylic acids is 2. The van der Waals surface area contributed by atoms with Gasteiger partial charge in [-0.25, -0.2) is 4.79 Å². The summed E-state index contributed by atoms with van der Waals surface area (Å²) in [7, 11) is 0. The van der Waals surface area contributed by atoms with Crippen LogP contribution in [0, 0.1) is 0 Å². The highest BCUT2D eigenvalue weighted by Gasteiger charge is 2.14. The molecule has 9 heteroatoms. The first-order valence-electron chi connectivity index (χ1n) is 15.8. The zero-order valence-corrected chi connectivity index (χ0v) is 25.3. The van der Waals surface area contributed by atoms with E-state index < -0.39 is 17.7 Å². The third-order valence-corrected chi connectivity index (χ3v) is 6.54. The standard InChI is InChI=1S/C31H58O9/c1-2-3-4-5-6-7-8-9-10-11-12-13-14-15-16-17-20-36-21-22-37-23-24-38-25-26-39-27-28-40-30(33)19-18-29(32)31(34)35/h2-28H2,1H3,(H,34,35). The van der Waals surface area contributed by atoms with E-state index in [2.05, 4.69) is 6.92 Å². The summed E-state index contributed by atoms with van der Waals surface area (Å²) in [5.41, 5.74) is 0. The number of carbonyl (C=O) groups is 3. The first-order chi connectivity index (χ1) is 19.6. The van der Waals surface area contributed by atoms with Gasteiger partial charge in [0, 0.05) is 13.0 Å². The van der Waals surface area contributed by atoms with Crippen molar-refractivity contribution in [3.05, 3.63) is 0 Å². The first kappa shape index (κ1) is 38.5. The van der Waals surface area contributed by atoms with E-state index in [1.54, 1.807) is 0 Å². The summed E-state index contributed by atoms with van der Waals surface area (Å²) < 4.78 is 26.6. The molecule has 0 rings (SSSR count). The predicted molar refractivity (Wildman–Crippen MR) is 156 cm³/mol. The van der Waals surface area contributed by atoms with Crippen molar-refractivity contribution in [2.24, 2.45) is 0 Å². The number of aliphatic carboxylic acids is 1. The molecule has 236 valence electrons. The van der Waals surface area contributed by atoms with Gasteiger partial charge in [-0.15, -0.1) is 0 Å².